The van der Waals surface area contributed by atoms with Crippen LogP contribution in [0.5, 0.6) is 0 Å². The molecule has 3 heterocycles. The van der Waals surface area contributed by atoms with E-state index in [-0.39, 0.29) is 12.3 Å². The van der Waals surface area contributed by atoms with Gasteiger partial charge in [0.2, 0.25) is 0 Å². The Hall–Kier alpha value is -2.78. The van der Waals surface area contributed by atoms with Crippen LogP contribution in [0.1, 0.15) is 36.0 Å². The second kappa shape index (κ2) is 10.7. The number of halogens is 3. The minimum atomic E-state index is -4.51. The van der Waals surface area contributed by atoms with E-state index >= 15 is 0 Å². The molecule has 0 amide bonds. The number of aromatic nitrogens is 2. The van der Waals surface area contributed by atoms with Gasteiger partial charge in [-0.3, -0.25) is 0 Å². The molecule has 0 aliphatic carbocycles. The smallest absolute Gasteiger partial charge is 0.395 e. The van der Waals surface area contributed by atoms with Crippen molar-refractivity contribution in [1.82, 2.24) is 9.97 Å². The van der Waals surface area contributed by atoms with Crippen LogP contribution in [0.4, 0.5) is 24.8 Å². The summed E-state index contributed by atoms with van der Waals surface area (Å²) >= 11 is 1.19. The first-order valence-corrected chi connectivity index (χ1v) is 12.1. The Morgan fingerprint density at radius 1 is 1.06 bits per heavy atom. The normalized spacial score (nSPS) is 14.9. The summed E-state index contributed by atoms with van der Waals surface area (Å²) in [5.74, 6) is 1.09. The van der Waals surface area contributed by atoms with E-state index in [1.54, 1.807) is 6.07 Å². The zero-order valence-electron chi connectivity index (χ0n) is 18.9. The molecule has 0 saturated carbocycles. The fourth-order valence-electron chi connectivity index (χ4n) is 4.08. The van der Waals surface area contributed by atoms with Gasteiger partial charge in [-0.25, -0.2) is 9.97 Å². The van der Waals surface area contributed by atoms with Crippen LogP contribution >= 0.6 is 11.9 Å². The first-order valence-electron chi connectivity index (χ1n) is 11.3. The number of nitrogens with one attached hydrogen (secondary N) is 1. The number of hydrogen-bond donors (Lipinski definition) is 2. The fourth-order valence-corrected chi connectivity index (χ4v) is 4.69. The van der Waals surface area contributed by atoms with Gasteiger partial charge < -0.3 is 14.7 Å². The highest BCUT2D eigenvalue weighted by atomic mass is 32.2. The Bertz CT molecular complexity index is 1140. The largest absolute Gasteiger partial charge is 0.418 e. The molecule has 1 aliphatic heterocycles. The van der Waals surface area contributed by atoms with Crippen LogP contribution < -0.4 is 9.62 Å². The predicted octanol–water partition coefficient (Wildman–Crippen LogP) is 6.12. The summed E-state index contributed by atoms with van der Waals surface area (Å²) in [7, 11) is 0. The molecule has 4 rings (SSSR count). The number of rotatable bonds is 2. The summed E-state index contributed by atoms with van der Waals surface area (Å²) in [6.45, 7) is 3.14. The van der Waals surface area contributed by atoms with Crippen molar-refractivity contribution in [2.45, 2.75) is 43.8 Å². The predicted molar refractivity (Wildman–Crippen MR) is 130 cm³/mol. The monoisotopic (exact) mass is 488 g/mol. The van der Waals surface area contributed by atoms with E-state index in [1.807, 2.05) is 37.3 Å². The molecule has 2 aromatic heterocycles. The van der Waals surface area contributed by atoms with E-state index in [9.17, 15) is 18.3 Å². The Balaban J connectivity index is 1.77. The Labute approximate surface area is 201 Å². The maximum Gasteiger partial charge on any atom is 0.418 e. The third-order valence-electron chi connectivity index (χ3n) is 5.76. The Morgan fingerprint density at radius 2 is 1.91 bits per heavy atom. The molecule has 0 atom stereocenters. The molecule has 0 radical (unpaired) electrons. The average molecular weight is 489 g/mol. The Morgan fingerprint density at radius 3 is 2.71 bits per heavy atom. The van der Waals surface area contributed by atoms with Gasteiger partial charge in [-0.2, -0.15) is 13.2 Å². The SMILES string of the molecule is Cc1ccc2c(c1)-c1nc(ccc1C(F)(F)F)NSc1cccc(n1)N(CCO)CCCCC2. The van der Waals surface area contributed by atoms with Gasteiger partial charge in [0.15, 0.2) is 0 Å². The molecule has 34 heavy (non-hydrogen) atoms. The van der Waals surface area contributed by atoms with Crippen molar-refractivity contribution in [2.75, 3.05) is 29.3 Å². The number of aliphatic hydroxyl groups is 1. The quantitative estimate of drug-likeness (QED) is 0.424. The van der Waals surface area contributed by atoms with Crippen molar-refractivity contribution in [3.63, 3.8) is 0 Å². The molecular formula is C25H27F3N4OS. The summed E-state index contributed by atoms with van der Waals surface area (Å²) in [6.07, 6.45) is -1.22. The molecule has 0 spiro atoms. The van der Waals surface area contributed by atoms with Crippen molar-refractivity contribution < 1.29 is 18.3 Å². The molecule has 0 saturated heterocycles. The van der Waals surface area contributed by atoms with Crippen molar-refractivity contribution in [3.8, 4) is 11.3 Å². The zero-order valence-corrected chi connectivity index (χ0v) is 19.7. The highest BCUT2D eigenvalue weighted by Crippen LogP contribution is 2.39. The van der Waals surface area contributed by atoms with Crippen molar-refractivity contribution >= 4 is 23.6 Å². The maximum atomic E-state index is 13.9. The molecule has 0 unspecified atom stereocenters. The van der Waals surface area contributed by atoms with Crippen LogP contribution in [0, 0.1) is 6.92 Å². The molecule has 1 aromatic carbocycles. The molecule has 9 heteroatoms. The number of benzene rings is 1. The van der Waals surface area contributed by atoms with E-state index in [0.717, 1.165) is 48.8 Å². The lowest BCUT2D eigenvalue weighted by Gasteiger charge is -2.23. The topological polar surface area (TPSA) is 61.3 Å². The van der Waals surface area contributed by atoms with E-state index in [1.165, 1.54) is 18.0 Å². The second-order valence-electron chi connectivity index (χ2n) is 8.31. The van der Waals surface area contributed by atoms with Gasteiger partial charge in [0.05, 0.1) is 17.9 Å². The number of anilines is 2. The minimum absolute atomic E-state index is 0.0300. The fraction of sp³-hybridized carbons (Fsp3) is 0.360. The standard InChI is InChI=1S/C25H27F3N4OS/c1-17-9-10-18-6-3-2-4-13-32(14-15-33)22-7-5-8-23(30-22)34-31-21-12-11-20(25(26,27)28)24(29-21)19(18)16-17/h5,7-12,16,33H,2-4,6,13-15H2,1H3,(H,29,31). The molecule has 180 valence electrons. The van der Waals surface area contributed by atoms with Crippen LogP contribution in [0.25, 0.3) is 11.3 Å². The second-order valence-corrected chi connectivity index (χ2v) is 9.14. The van der Waals surface area contributed by atoms with E-state index in [2.05, 4.69) is 19.6 Å². The summed E-state index contributed by atoms with van der Waals surface area (Å²) in [6, 6.07) is 13.7. The third kappa shape index (κ3) is 5.82. The number of hydrogen-bond acceptors (Lipinski definition) is 6. The summed E-state index contributed by atoms with van der Waals surface area (Å²) in [5.41, 5.74) is 1.47. The first-order chi connectivity index (χ1) is 16.3. The van der Waals surface area contributed by atoms with Gasteiger partial charge in [-0.05, 0) is 62.1 Å². The maximum absolute atomic E-state index is 13.9. The van der Waals surface area contributed by atoms with Crippen molar-refractivity contribution in [1.29, 1.82) is 0 Å². The molecule has 1 aliphatic rings. The minimum Gasteiger partial charge on any atom is -0.395 e. The average Bonchev–Trinajstić information content (AvgIpc) is 2.81. The number of β-amino-alcohol motifs (C(OH)–C–C–N with tert-alkyl or cyclic N) is 1. The summed E-state index contributed by atoms with van der Waals surface area (Å²) in [5, 5.41) is 10.2. The molecule has 0 fully saturated rings. The number of alkyl halides is 3. The first kappa shape index (κ1) is 24.3. The van der Waals surface area contributed by atoms with Gasteiger partial charge in [0.25, 0.3) is 0 Å². The number of aryl methyl sites for hydroxylation is 2. The summed E-state index contributed by atoms with van der Waals surface area (Å²) < 4.78 is 44.8. The lowest BCUT2D eigenvalue weighted by molar-refractivity contribution is -0.137. The molecule has 5 nitrogen and oxygen atoms in total. The van der Waals surface area contributed by atoms with E-state index in [4.69, 9.17) is 0 Å². The highest BCUT2D eigenvalue weighted by molar-refractivity contribution is 8.00. The summed E-state index contributed by atoms with van der Waals surface area (Å²) in [4.78, 5) is 11.1. The molecule has 4 bridgehead atoms. The van der Waals surface area contributed by atoms with Crippen LogP contribution in [0.2, 0.25) is 0 Å². The van der Waals surface area contributed by atoms with Gasteiger partial charge in [0, 0.05) is 30.6 Å². The van der Waals surface area contributed by atoms with Gasteiger partial charge >= 0.3 is 6.18 Å². The van der Waals surface area contributed by atoms with E-state index in [0.29, 0.717) is 29.4 Å². The lowest BCUT2D eigenvalue weighted by Crippen LogP contribution is -2.28. The molecule has 3 aromatic rings. The van der Waals surface area contributed by atoms with Gasteiger partial charge in [-0.1, -0.05) is 30.2 Å². The number of nitrogens with zero attached hydrogens (tertiary/aromatic N) is 3. The van der Waals surface area contributed by atoms with E-state index < -0.39 is 11.7 Å². The number of fused-ring (bicyclic) bond motifs is 6. The zero-order chi connectivity index (χ0) is 24.1. The van der Waals surface area contributed by atoms with Crippen LogP contribution in [0.3, 0.4) is 0 Å². The number of aliphatic hydroxyl groups excluding tert-OH is 1. The highest BCUT2D eigenvalue weighted by Gasteiger charge is 2.35. The Kier molecular flexibility index (Phi) is 7.63. The molecule has 2 N–H and O–H groups in total. The van der Waals surface area contributed by atoms with Gasteiger partial charge in [0.1, 0.15) is 16.7 Å². The molecular weight excluding hydrogens is 461 g/mol. The van der Waals surface area contributed by atoms with Gasteiger partial charge in [-0.15, -0.1) is 0 Å². The van der Waals surface area contributed by atoms with Crippen LogP contribution in [-0.2, 0) is 12.6 Å². The number of pyridine rings is 2. The third-order valence-corrected chi connectivity index (χ3v) is 6.51. The van der Waals surface area contributed by atoms with Crippen LogP contribution in [-0.4, -0.2) is 34.8 Å². The van der Waals surface area contributed by atoms with Crippen molar-refractivity contribution in [3.05, 3.63) is 65.2 Å². The lowest BCUT2D eigenvalue weighted by atomic mass is 9.94. The van der Waals surface area contributed by atoms with Crippen molar-refractivity contribution in [2.24, 2.45) is 0 Å². The van der Waals surface area contributed by atoms with Crippen LogP contribution in [0.15, 0.2) is 53.6 Å².